The van der Waals surface area contributed by atoms with Gasteiger partial charge in [-0.1, -0.05) is 6.08 Å². The molecule has 0 spiro atoms. The van der Waals surface area contributed by atoms with E-state index in [-0.39, 0.29) is 11.9 Å². The van der Waals surface area contributed by atoms with Crippen molar-refractivity contribution >= 4 is 5.78 Å². The summed E-state index contributed by atoms with van der Waals surface area (Å²) < 4.78 is 5.12. The van der Waals surface area contributed by atoms with Crippen LogP contribution in [0.2, 0.25) is 0 Å². The van der Waals surface area contributed by atoms with Gasteiger partial charge in [0.25, 0.3) is 0 Å². The van der Waals surface area contributed by atoms with Crippen LogP contribution in [0, 0.1) is 0 Å². The highest BCUT2D eigenvalue weighted by atomic mass is 16.5. The van der Waals surface area contributed by atoms with Gasteiger partial charge in [-0.2, -0.15) is 0 Å². The number of Topliss-reactive ketones (excluding diaryl/α,β-unsaturated/α-hetero) is 1. The summed E-state index contributed by atoms with van der Waals surface area (Å²) in [5.41, 5.74) is 0. The van der Waals surface area contributed by atoms with Crippen molar-refractivity contribution in [1.82, 2.24) is 0 Å². The molecular formula is C8H14O2. The first-order chi connectivity index (χ1) is 4.72. The van der Waals surface area contributed by atoms with Crippen LogP contribution >= 0.6 is 0 Å². The zero-order chi connectivity index (χ0) is 7.98. The maximum absolute atomic E-state index is 10.8. The topological polar surface area (TPSA) is 26.3 Å². The van der Waals surface area contributed by atoms with Crippen molar-refractivity contribution in [2.24, 2.45) is 0 Å². The van der Waals surface area contributed by atoms with E-state index in [2.05, 4.69) is 6.58 Å². The highest BCUT2D eigenvalue weighted by Crippen LogP contribution is 1.99. The summed E-state index contributed by atoms with van der Waals surface area (Å²) in [5.74, 6) is 0.0711. The zero-order valence-corrected chi connectivity index (χ0v) is 6.59. The summed E-state index contributed by atoms with van der Waals surface area (Å²) in [4.78, 5) is 10.8. The van der Waals surface area contributed by atoms with Crippen LogP contribution in [0.5, 0.6) is 0 Å². The number of carbonyl (C=O) groups is 1. The van der Waals surface area contributed by atoms with Gasteiger partial charge in [-0.15, -0.1) is 6.58 Å². The molecule has 0 amide bonds. The van der Waals surface area contributed by atoms with E-state index in [1.165, 1.54) is 6.92 Å². The molecule has 0 radical (unpaired) electrons. The Kier molecular flexibility index (Phi) is 4.85. The molecule has 0 aromatic rings. The number of rotatable bonds is 5. The van der Waals surface area contributed by atoms with Crippen LogP contribution in [-0.4, -0.2) is 18.5 Å². The monoisotopic (exact) mass is 142 g/mol. The van der Waals surface area contributed by atoms with Gasteiger partial charge in [0, 0.05) is 6.61 Å². The van der Waals surface area contributed by atoms with Gasteiger partial charge in [0.2, 0.25) is 0 Å². The first-order valence-electron chi connectivity index (χ1n) is 3.45. The Hall–Kier alpha value is -0.630. The number of carbonyl (C=O) groups excluding carboxylic acids is 1. The molecule has 10 heavy (non-hydrogen) atoms. The quantitative estimate of drug-likeness (QED) is 0.544. The fourth-order valence-electron chi connectivity index (χ4n) is 0.704. The van der Waals surface area contributed by atoms with E-state index in [1.807, 2.05) is 6.92 Å². The summed E-state index contributed by atoms with van der Waals surface area (Å²) >= 11 is 0. The molecule has 0 aliphatic heterocycles. The van der Waals surface area contributed by atoms with Crippen molar-refractivity contribution in [3.63, 3.8) is 0 Å². The van der Waals surface area contributed by atoms with E-state index in [4.69, 9.17) is 4.74 Å². The van der Waals surface area contributed by atoms with Crippen molar-refractivity contribution < 1.29 is 9.53 Å². The highest BCUT2D eigenvalue weighted by Gasteiger charge is 2.10. The summed E-state index contributed by atoms with van der Waals surface area (Å²) in [5, 5.41) is 0. The van der Waals surface area contributed by atoms with Gasteiger partial charge in [0.1, 0.15) is 6.10 Å². The van der Waals surface area contributed by atoms with E-state index in [9.17, 15) is 4.79 Å². The lowest BCUT2D eigenvalue weighted by Gasteiger charge is -2.09. The third-order valence-corrected chi connectivity index (χ3v) is 1.20. The van der Waals surface area contributed by atoms with E-state index in [0.29, 0.717) is 13.0 Å². The number of ether oxygens (including phenoxy) is 1. The van der Waals surface area contributed by atoms with E-state index >= 15 is 0 Å². The summed E-state index contributed by atoms with van der Waals surface area (Å²) in [6, 6.07) is 0. The molecule has 0 N–H and O–H groups in total. The molecule has 58 valence electrons. The third-order valence-electron chi connectivity index (χ3n) is 1.20. The second-order valence-electron chi connectivity index (χ2n) is 2.08. The summed E-state index contributed by atoms with van der Waals surface area (Å²) in [6.07, 6.45) is 2.03. The number of hydrogen-bond acceptors (Lipinski definition) is 2. The van der Waals surface area contributed by atoms with Crippen LogP contribution in [0.3, 0.4) is 0 Å². The Morgan fingerprint density at radius 3 is 2.70 bits per heavy atom. The predicted molar refractivity (Wildman–Crippen MR) is 40.9 cm³/mol. The maximum Gasteiger partial charge on any atom is 0.158 e. The SMILES string of the molecule is C=CCC(OCC)C(C)=O. The highest BCUT2D eigenvalue weighted by molar-refractivity contribution is 5.80. The second kappa shape index (κ2) is 5.18. The Morgan fingerprint density at radius 1 is 1.80 bits per heavy atom. The van der Waals surface area contributed by atoms with Crippen LogP contribution in [0.1, 0.15) is 20.3 Å². The average molecular weight is 142 g/mol. The minimum Gasteiger partial charge on any atom is -0.370 e. The molecule has 0 saturated heterocycles. The van der Waals surface area contributed by atoms with Gasteiger partial charge in [-0.3, -0.25) is 4.79 Å². The Labute approximate surface area is 61.9 Å². The Bertz CT molecular complexity index is 118. The summed E-state index contributed by atoms with van der Waals surface area (Å²) in [6.45, 7) is 7.52. The minimum atomic E-state index is -0.275. The van der Waals surface area contributed by atoms with E-state index < -0.39 is 0 Å². The van der Waals surface area contributed by atoms with Gasteiger partial charge in [0.05, 0.1) is 0 Å². The van der Waals surface area contributed by atoms with Gasteiger partial charge in [-0.25, -0.2) is 0 Å². The molecule has 1 atom stereocenters. The Morgan fingerprint density at radius 2 is 2.40 bits per heavy atom. The molecule has 0 fully saturated rings. The fourth-order valence-corrected chi connectivity index (χ4v) is 0.704. The largest absolute Gasteiger partial charge is 0.370 e. The molecule has 2 heteroatoms. The number of ketones is 1. The lowest BCUT2D eigenvalue weighted by atomic mass is 10.2. The normalized spacial score (nSPS) is 12.6. The van der Waals surface area contributed by atoms with E-state index in [0.717, 1.165) is 0 Å². The molecule has 1 unspecified atom stereocenters. The molecule has 0 aromatic carbocycles. The lowest BCUT2D eigenvalue weighted by Crippen LogP contribution is -2.20. The average Bonchev–Trinajstić information content (AvgIpc) is 1.87. The first kappa shape index (κ1) is 9.37. The molecule has 0 aliphatic rings. The molecule has 0 saturated carbocycles. The van der Waals surface area contributed by atoms with Crippen molar-refractivity contribution in [3.8, 4) is 0 Å². The number of hydrogen-bond donors (Lipinski definition) is 0. The van der Waals surface area contributed by atoms with Gasteiger partial charge >= 0.3 is 0 Å². The second-order valence-corrected chi connectivity index (χ2v) is 2.08. The van der Waals surface area contributed by atoms with Crippen molar-refractivity contribution in [3.05, 3.63) is 12.7 Å². The Balaban J connectivity index is 3.71. The lowest BCUT2D eigenvalue weighted by molar-refractivity contribution is -0.127. The molecule has 0 aliphatic carbocycles. The molecule has 0 aromatic heterocycles. The molecule has 0 heterocycles. The third kappa shape index (κ3) is 3.41. The first-order valence-corrected chi connectivity index (χ1v) is 3.45. The predicted octanol–water partition coefficient (Wildman–Crippen LogP) is 1.56. The van der Waals surface area contributed by atoms with Gasteiger partial charge in [0.15, 0.2) is 5.78 Å². The van der Waals surface area contributed by atoms with Gasteiger partial charge in [-0.05, 0) is 20.3 Å². The molecule has 2 nitrogen and oxygen atoms in total. The minimum absolute atomic E-state index is 0.0711. The van der Waals surface area contributed by atoms with E-state index in [1.54, 1.807) is 6.08 Å². The molecule has 0 rings (SSSR count). The molecule has 0 bridgehead atoms. The standard InChI is InChI=1S/C8H14O2/c1-4-6-8(7(3)9)10-5-2/h4,8H,1,5-6H2,2-3H3. The smallest absolute Gasteiger partial charge is 0.158 e. The maximum atomic E-state index is 10.8. The zero-order valence-electron chi connectivity index (χ0n) is 6.59. The van der Waals surface area contributed by atoms with Crippen LogP contribution in [-0.2, 0) is 9.53 Å². The van der Waals surface area contributed by atoms with Crippen molar-refractivity contribution in [2.45, 2.75) is 26.4 Å². The molecular weight excluding hydrogens is 128 g/mol. The summed E-state index contributed by atoms with van der Waals surface area (Å²) in [7, 11) is 0. The van der Waals surface area contributed by atoms with Crippen LogP contribution < -0.4 is 0 Å². The van der Waals surface area contributed by atoms with Crippen LogP contribution in [0.15, 0.2) is 12.7 Å². The van der Waals surface area contributed by atoms with Crippen LogP contribution in [0.4, 0.5) is 0 Å². The van der Waals surface area contributed by atoms with Crippen LogP contribution in [0.25, 0.3) is 0 Å². The fraction of sp³-hybridized carbons (Fsp3) is 0.625. The van der Waals surface area contributed by atoms with Crippen molar-refractivity contribution in [1.29, 1.82) is 0 Å². The van der Waals surface area contributed by atoms with Gasteiger partial charge < -0.3 is 4.74 Å². The van der Waals surface area contributed by atoms with Crippen molar-refractivity contribution in [2.75, 3.05) is 6.61 Å².